The van der Waals surface area contributed by atoms with E-state index in [-0.39, 0.29) is 11.6 Å². The van der Waals surface area contributed by atoms with Gasteiger partial charge in [-0.3, -0.25) is 4.72 Å². The first kappa shape index (κ1) is 23.9. The van der Waals surface area contributed by atoms with Gasteiger partial charge in [0, 0.05) is 55.6 Å². The zero-order valence-corrected chi connectivity index (χ0v) is 20.1. The van der Waals surface area contributed by atoms with Gasteiger partial charge in [0.2, 0.25) is 5.88 Å². The third kappa shape index (κ3) is 4.67. The highest BCUT2D eigenvalue weighted by Crippen LogP contribution is 2.34. The van der Waals surface area contributed by atoms with Gasteiger partial charge in [-0.2, -0.15) is 0 Å². The number of hydrogen-bond acceptors (Lipinski definition) is 7. The fourth-order valence-electron chi connectivity index (χ4n) is 4.20. The third-order valence-corrected chi connectivity index (χ3v) is 7.37. The Hall–Kier alpha value is -3.83. The second-order valence-electron chi connectivity index (χ2n) is 8.27. The smallest absolute Gasteiger partial charge is 0.264 e. The number of ether oxygens (including phenoxy) is 1. The molecule has 1 aliphatic rings. The van der Waals surface area contributed by atoms with Crippen molar-refractivity contribution in [1.82, 2.24) is 15.3 Å². The summed E-state index contributed by atoms with van der Waals surface area (Å²) in [5.74, 6) is -1.19. The summed E-state index contributed by atoms with van der Waals surface area (Å²) in [5.41, 5.74) is 1.42. The van der Waals surface area contributed by atoms with Gasteiger partial charge in [0.1, 0.15) is 28.0 Å². The van der Waals surface area contributed by atoms with Crippen LogP contribution in [0.1, 0.15) is 0 Å². The Kier molecular flexibility index (Phi) is 6.42. The molecule has 1 saturated heterocycles. The van der Waals surface area contributed by atoms with Gasteiger partial charge in [-0.25, -0.2) is 27.2 Å². The van der Waals surface area contributed by atoms with Crippen molar-refractivity contribution in [3.63, 3.8) is 0 Å². The monoisotopic (exact) mass is 511 g/mol. The molecule has 1 fully saturated rings. The topological polar surface area (TPSA) is 96.5 Å². The van der Waals surface area contributed by atoms with Crippen LogP contribution in [-0.4, -0.2) is 51.7 Å². The molecule has 3 heterocycles. The summed E-state index contributed by atoms with van der Waals surface area (Å²) in [5, 5.41) is 5.32. The summed E-state index contributed by atoms with van der Waals surface area (Å²) in [6.45, 7) is 3.43. The number of anilines is 2. The van der Waals surface area contributed by atoms with E-state index in [0.717, 1.165) is 60.5 Å². The maximum atomic E-state index is 14.2. The number of rotatable bonds is 6. The molecule has 5 rings (SSSR count). The maximum Gasteiger partial charge on any atom is 0.264 e. The lowest BCUT2D eigenvalue weighted by Gasteiger charge is -2.29. The molecule has 2 aromatic heterocycles. The molecule has 8 nitrogen and oxygen atoms in total. The number of methoxy groups -OCH3 is 1. The molecule has 0 saturated carbocycles. The maximum absolute atomic E-state index is 14.2. The van der Waals surface area contributed by atoms with Crippen molar-refractivity contribution in [2.24, 2.45) is 0 Å². The number of aromatic nitrogens is 2. The molecule has 0 atom stereocenters. The van der Waals surface area contributed by atoms with Crippen LogP contribution in [-0.2, 0) is 10.0 Å². The number of nitrogens with zero attached hydrogens (tertiary/aromatic N) is 3. The summed E-state index contributed by atoms with van der Waals surface area (Å²) < 4.78 is 60.8. The van der Waals surface area contributed by atoms with Crippen LogP contribution in [0.25, 0.3) is 21.9 Å². The number of sulfonamides is 1. The standard InChI is InChI=1S/C25H23F2N5O3S/c1-35-25-22(31-36(33,34)23-5-4-19(26)14-21(23)27)13-18(15-30-25)17-3-2-16-6-7-29-24(20(16)12-17)32-10-8-28-9-11-32/h2-7,12-15,28,31H,8-11H2,1H3. The van der Waals surface area contributed by atoms with Gasteiger partial charge in [0.15, 0.2) is 0 Å². The van der Waals surface area contributed by atoms with Crippen LogP contribution in [0.2, 0.25) is 0 Å². The second-order valence-corrected chi connectivity index (χ2v) is 9.92. The third-order valence-electron chi connectivity index (χ3n) is 5.97. The molecule has 2 N–H and O–H groups in total. The molecule has 36 heavy (non-hydrogen) atoms. The highest BCUT2D eigenvalue weighted by molar-refractivity contribution is 7.92. The lowest BCUT2D eigenvalue weighted by Crippen LogP contribution is -2.43. The minimum absolute atomic E-state index is 0.00815. The van der Waals surface area contributed by atoms with Crippen LogP contribution in [0.5, 0.6) is 5.88 Å². The zero-order valence-electron chi connectivity index (χ0n) is 19.3. The van der Waals surface area contributed by atoms with Crippen LogP contribution >= 0.6 is 0 Å². The summed E-state index contributed by atoms with van der Waals surface area (Å²) in [6, 6.07) is 11.6. The van der Waals surface area contributed by atoms with E-state index < -0.39 is 26.6 Å². The van der Waals surface area contributed by atoms with E-state index in [4.69, 9.17) is 4.74 Å². The van der Waals surface area contributed by atoms with Crippen molar-refractivity contribution in [3.8, 4) is 17.0 Å². The number of halogens is 2. The second kappa shape index (κ2) is 9.67. The summed E-state index contributed by atoms with van der Waals surface area (Å²) in [7, 11) is -3.04. The van der Waals surface area contributed by atoms with Crippen LogP contribution in [0, 0.1) is 11.6 Å². The minimum atomic E-state index is -4.38. The van der Waals surface area contributed by atoms with Crippen LogP contribution in [0.15, 0.2) is 65.8 Å². The highest BCUT2D eigenvalue weighted by atomic mass is 32.2. The Morgan fingerprint density at radius 3 is 2.56 bits per heavy atom. The summed E-state index contributed by atoms with van der Waals surface area (Å²) >= 11 is 0. The summed E-state index contributed by atoms with van der Waals surface area (Å²) in [6.07, 6.45) is 3.35. The normalized spacial score (nSPS) is 14.1. The zero-order chi connectivity index (χ0) is 25.3. The Morgan fingerprint density at radius 2 is 1.81 bits per heavy atom. The van der Waals surface area contributed by atoms with E-state index in [1.807, 2.05) is 24.3 Å². The quantitative estimate of drug-likeness (QED) is 0.407. The first-order valence-electron chi connectivity index (χ1n) is 11.2. The average molecular weight is 512 g/mol. The van der Waals surface area contributed by atoms with E-state index >= 15 is 0 Å². The van der Waals surface area contributed by atoms with Crippen molar-refractivity contribution < 1.29 is 21.9 Å². The summed E-state index contributed by atoms with van der Waals surface area (Å²) in [4.78, 5) is 10.4. The van der Waals surface area contributed by atoms with Gasteiger partial charge in [-0.1, -0.05) is 12.1 Å². The van der Waals surface area contributed by atoms with Gasteiger partial charge < -0.3 is 15.0 Å². The SMILES string of the molecule is COc1ncc(-c2ccc3ccnc(N4CCNCC4)c3c2)cc1NS(=O)(=O)c1ccc(F)cc1F. The highest BCUT2D eigenvalue weighted by Gasteiger charge is 2.22. The number of piperazine rings is 1. The Labute approximate surface area is 207 Å². The molecule has 2 aromatic carbocycles. The van der Waals surface area contributed by atoms with Gasteiger partial charge >= 0.3 is 0 Å². The molecule has 0 bridgehead atoms. The van der Waals surface area contributed by atoms with Gasteiger partial charge in [-0.15, -0.1) is 0 Å². The number of fused-ring (bicyclic) bond motifs is 1. The van der Waals surface area contributed by atoms with Crippen molar-refractivity contribution in [2.75, 3.05) is 42.9 Å². The minimum Gasteiger partial charge on any atom is -0.480 e. The van der Waals surface area contributed by atoms with Crippen molar-refractivity contribution >= 4 is 32.3 Å². The Balaban J connectivity index is 1.54. The molecule has 1 aliphatic heterocycles. The Bertz CT molecular complexity index is 1540. The van der Waals surface area contributed by atoms with E-state index in [1.165, 1.54) is 7.11 Å². The molecule has 11 heteroatoms. The van der Waals surface area contributed by atoms with Crippen LogP contribution in [0.3, 0.4) is 0 Å². The van der Waals surface area contributed by atoms with Crippen molar-refractivity contribution in [2.45, 2.75) is 4.90 Å². The predicted octanol–water partition coefficient (Wildman–Crippen LogP) is 3.79. The molecule has 186 valence electrons. The van der Waals surface area contributed by atoms with Gasteiger partial charge in [-0.05, 0) is 41.3 Å². The lowest BCUT2D eigenvalue weighted by molar-refractivity contribution is 0.400. The fraction of sp³-hybridized carbons (Fsp3) is 0.200. The largest absolute Gasteiger partial charge is 0.480 e. The first-order chi connectivity index (χ1) is 17.4. The van der Waals surface area contributed by atoms with E-state index in [0.29, 0.717) is 11.6 Å². The molecule has 0 radical (unpaired) electrons. The van der Waals surface area contributed by atoms with Gasteiger partial charge in [0.25, 0.3) is 10.0 Å². The molecular weight excluding hydrogens is 488 g/mol. The number of hydrogen-bond donors (Lipinski definition) is 2. The molecule has 0 aliphatic carbocycles. The molecule has 0 amide bonds. The van der Waals surface area contributed by atoms with E-state index in [1.54, 1.807) is 18.5 Å². The van der Waals surface area contributed by atoms with Crippen LogP contribution < -0.4 is 19.7 Å². The first-order valence-corrected chi connectivity index (χ1v) is 12.7. The number of pyridine rings is 2. The molecular formula is C25H23F2N5O3S. The van der Waals surface area contributed by atoms with E-state index in [2.05, 4.69) is 24.9 Å². The van der Waals surface area contributed by atoms with Crippen molar-refractivity contribution in [3.05, 3.63) is 72.6 Å². The number of benzene rings is 2. The lowest BCUT2D eigenvalue weighted by atomic mass is 10.0. The molecule has 0 unspecified atom stereocenters. The van der Waals surface area contributed by atoms with Crippen molar-refractivity contribution in [1.29, 1.82) is 0 Å². The Morgan fingerprint density at radius 1 is 1.00 bits per heavy atom. The molecule has 0 spiro atoms. The average Bonchev–Trinajstić information content (AvgIpc) is 2.88. The molecule has 4 aromatic rings. The fourth-order valence-corrected chi connectivity index (χ4v) is 5.31. The number of nitrogens with one attached hydrogen (secondary N) is 2. The predicted molar refractivity (Wildman–Crippen MR) is 134 cm³/mol. The van der Waals surface area contributed by atoms with Gasteiger partial charge in [0.05, 0.1) is 7.11 Å². The van der Waals surface area contributed by atoms with E-state index in [9.17, 15) is 17.2 Å². The van der Waals surface area contributed by atoms with Crippen LogP contribution in [0.4, 0.5) is 20.3 Å².